The van der Waals surface area contributed by atoms with E-state index in [-0.39, 0.29) is 11.8 Å². The van der Waals surface area contributed by atoms with Crippen LogP contribution < -0.4 is 5.32 Å². The zero-order valence-electron chi connectivity index (χ0n) is 11.7. The Kier molecular flexibility index (Phi) is 3.46. The quantitative estimate of drug-likeness (QED) is 0.886. The topological polar surface area (TPSA) is 67.2 Å². The number of aromatic nitrogens is 2. The molecule has 3 rings (SSSR count). The summed E-state index contributed by atoms with van der Waals surface area (Å²) in [4.78, 5) is 26.2. The molecule has 0 radical (unpaired) electrons. The second-order valence-electron chi connectivity index (χ2n) is 5.59. The van der Waals surface area contributed by atoms with Crippen molar-refractivity contribution >= 4 is 11.8 Å². The average molecular weight is 276 g/mol. The van der Waals surface area contributed by atoms with Crippen molar-refractivity contribution in [3.63, 3.8) is 0 Å². The molecule has 0 spiro atoms. The van der Waals surface area contributed by atoms with E-state index in [9.17, 15) is 9.59 Å². The van der Waals surface area contributed by atoms with Gasteiger partial charge in [-0.05, 0) is 25.3 Å². The number of hydrogen-bond donors (Lipinski definition) is 1. The zero-order valence-corrected chi connectivity index (χ0v) is 11.7. The molecule has 20 heavy (non-hydrogen) atoms. The zero-order chi connectivity index (χ0) is 14.1. The van der Waals surface area contributed by atoms with Gasteiger partial charge in [-0.25, -0.2) is 0 Å². The van der Waals surface area contributed by atoms with Gasteiger partial charge in [0.05, 0.1) is 18.8 Å². The second kappa shape index (κ2) is 5.26. The fourth-order valence-corrected chi connectivity index (χ4v) is 2.57. The van der Waals surface area contributed by atoms with E-state index < -0.39 is 6.04 Å². The molecule has 1 saturated carbocycles. The van der Waals surface area contributed by atoms with Gasteiger partial charge in [0.2, 0.25) is 11.8 Å². The van der Waals surface area contributed by atoms with Crippen LogP contribution >= 0.6 is 0 Å². The van der Waals surface area contributed by atoms with Crippen LogP contribution in [0.2, 0.25) is 0 Å². The Morgan fingerprint density at radius 2 is 2.25 bits per heavy atom. The Labute approximate surface area is 118 Å². The Bertz CT molecular complexity index is 521. The van der Waals surface area contributed by atoms with Crippen LogP contribution in [0.15, 0.2) is 12.3 Å². The van der Waals surface area contributed by atoms with Crippen LogP contribution in [0.4, 0.5) is 0 Å². The molecule has 2 aliphatic rings. The predicted octanol–water partition coefficient (Wildman–Crippen LogP) is 0.845. The van der Waals surface area contributed by atoms with Crippen molar-refractivity contribution in [2.45, 2.75) is 51.2 Å². The van der Waals surface area contributed by atoms with Crippen molar-refractivity contribution in [3.8, 4) is 0 Å². The number of nitrogens with zero attached hydrogens (tertiary/aromatic N) is 3. The van der Waals surface area contributed by atoms with E-state index in [1.54, 1.807) is 15.8 Å². The monoisotopic (exact) mass is 276 g/mol. The van der Waals surface area contributed by atoms with Gasteiger partial charge >= 0.3 is 0 Å². The Balaban J connectivity index is 1.77. The molecule has 1 atom stereocenters. The molecule has 2 amide bonds. The first-order valence-corrected chi connectivity index (χ1v) is 7.29. The lowest BCUT2D eigenvalue weighted by Crippen LogP contribution is -2.47. The minimum absolute atomic E-state index is 0.0218. The van der Waals surface area contributed by atoms with Crippen molar-refractivity contribution in [1.29, 1.82) is 0 Å². The van der Waals surface area contributed by atoms with Crippen LogP contribution in [0.5, 0.6) is 0 Å². The largest absolute Gasteiger partial charge is 0.351 e. The first-order valence-electron chi connectivity index (χ1n) is 7.29. The van der Waals surface area contributed by atoms with Gasteiger partial charge in [0.1, 0.15) is 6.04 Å². The van der Waals surface area contributed by atoms with E-state index in [0.29, 0.717) is 25.6 Å². The van der Waals surface area contributed by atoms with Crippen LogP contribution in [0.25, 0.3) is 0 Å². The van der Waals surface area contributed by atoms with Crippen molar-refractivity contribution in [1.82, 2.24) is 20.0 Å². The molecule has 2 heterocycles. The molecular formula is C14H20N4O2. The average Bonchev–Trinajstić information content (AvgIpc) is 3.12. The van der Waals surface area contributed by atoms with Crippen molar-refractivity contribution in [3.05, 3.63) is 18.0 Å². The maximum atomic E-state index is 12.3. The van der Waals surface area contributed by atoms with Gasteiger partial charge in [0, 0.05) is 18.7 Å². The summed E-state index contributed by atoms with van der Waals surface area (Å²) in [5.74, 6) is 0.0932. The van der Waals surface area contributed by atoms with Crippen molar-refractivity contribution < 1.29 is 9.59 Å². The number of fused-ring (bicyclic) bond motifs is 1. The number of carbonyl (C=O) groups is 2. The lowest BCUT2D eigenvalue weighted by molar-refractivity contribution is -0.135. The maximum absolute atomic E-state index is 12.3. The Morgan fingerprint density at radius 1 is 1.45 bits per heavy atom. The highest BCUT2D eigenvalue weighted by molar-refractivity contribution is 5.83. The summed E-state index contributed by atoms with van der Waals surface area (Å²) in [7, 11) is 0. The lowest BCUT2D eigenvalue weighted by atomic mass is 10.1. The summed E-state index contributed by atoms with van der Waals surface area (Å²) in [6.07, 6.45) is 5.17. The molecule has 108 valence electrons. The molecule has 0 bridgehead atoms. The van der Waals surface area contributed by atoms with Gasteiger partial charge < -0.3 is 10.2 Å². The summed E-state index contributed by atoms with van der Waals surface area (Å²) >= 11 is 0. The number of rotatable bonds is 4. The normalized spacial score (nSPS) is 21.4. The minimum Gasteiger partial charge on any atom is -0.351 e. The van der Waals surface area contributed by atoms with E-state index >= 15 is 0 Å². The molecule has 1 N–H and O–H groups in total. The van der Waals surface area contributed by atoms with E-state index in [0.717, 1.165) is 25.0 Å². The summed E-state index contributed by atoms with van der Waals surface area (Å²) in [5.41, 5.74) is 0.927. The molecule has 0 aromatic carbocycles. The standard InChI is InChI=1S/C14H20N4O2/c1-2-3-13(19)17-8-11-6-7-15-18(11)12(9-17)14(20)16-10-4-5-10/h6-7,10,12H,2-5,8-9H2,1H3,(H,16,20). The highest BCUT2D eigenvalue weighted by atomic mass is 16.2. The third-order valence-corrected chi connectivity index (χ3v) is 3.84. The Morgan fingerprint density at radius 3 is 2.95 bits per heavy atom. The van der Waals surface area contributed by atoms with E-state index in [1.807, 2.05) is 13.0 Å². The predicted molar refractivity (Wildman–Crippen MR) is 72.8 cm³/mol. The molecule has 0 saturated heterocycles. The smallest absolute Gasteiger partial charge is 0.246 e. The number of amides is 2. The number of nitrogens with one attached hydrogen (secondary N) is 1. The molecule has 1 aromatic heterocycles. The second-order valence-corrected chi connectivity index (χ2v) is 5.59. The minimum atomic E-state index is -0.393. The van der Waals surface area contributed by atoms with Gasteiger partial charge in [0.15, 0.2) is 0 Å². The van der Waals surface area contributed by atoms with Gasteiger partial charge in [0.25, 0.3) is 0 Å². The van der Waals surface area contributed by atoms with Gasteiger partial charge in [-0.15, -0.1) is 0 Å². The van der Waals surface area contributed by atoms with Crippen LogP contribution in [-0.2, 0) is 16.1 Å². The van der Waals surface area contributed by atoms with Crippen LogP contribution in [0, 0.1) is 0 Å². The molecule has 1 aromatic rings. The first kappa shape index (κ1) is 13.1. The molecule has 1 aliphatic carbocycles. The van der Waals surface area contributed by atoms with Crippen LogP contribution in [0.1, 0.15) is 44.3 Å². The third-order valence-electron chi connectivity index (χ3n) is 3.84. The molecule has 1 aliphatic heterocycles. The summed E-state index contributed by atoms with van der Waals surface area (Å²) in [5, 5.41) is 7.25. The highest BCUT2D eigenvalue weighted by Crippen LogP contribution is 2.24. The van der Waals surface area contributed by atoms with Gasteiger partial charge in [-0.3, -0.25) is 14.3 Å². The van der Waals surface area contributed by atoms with Crippen LogP contribution in [-0.4, -0.2) is 39.1 Å². The maximum Gasteiger partial charge on any atom is 0.246 e. The third kappa shape index (κ3) is 2.55. The van der Waals surface area contributed by atoms with E-state index in [2.05, 4.69) is 10.4 Å². The fraction of sp³-hybridized carbons (Fsp3) is 0.643. The molecule has 6 nitrogen and oxygen atoms in total. The van der Waals surface area contributed by atoms with E-state index in [4.69, 9.17) is 0 Å². The van der Waals surface area contributed by atoms with Gasteiger partial charge in [-0.1, -0.05) is 6.92 Å². The first-order chi connectivity index (χ1) is 9.69. The van der Waals surface area contributed by atoms with Crippen molar-refractivity contribution in [2.24, 2.45) is 0 Å². The van der Waals surface area contributed by atoms with Gasteiger partial charge in [-0.2, -0.15) is 5.10 Å². The molecule has 6 heteroatoms. The summed E-state index contributed by atoms with van der Waals surface area (Å²) < 4.78 is 1.76. The summed E-state index contributed by atoms with van der Waals surface area (Å²) in [6, 6.07) is 1.81. The van der Waals surface area contributed by atoms with Crippen molar-refractivity contribution in [2.75, 3.05) is 6.54 Å². The highest BCUT2D eigenvalue weighted by Gasteiger charge is 2.35. The number of carbonyl (C=O) groups excluding carboxylic acids is 2. The summed E-state index contributed by atoms with van der Waals surface area (Å²) in [6.45, 7) is 2.96. The molecular weight excluding hydrogens is 256 g/mol. The van der Waals surface area contributed by atoms with Crippen LogP contribution in [0.3, 0.4) is 0 Å². The fourth-order valence-electron chi connectivity index (χ4n) is 2.57. The lowest BCUT2D eigenvalue weighted by Gasteiger charge is -2.33. The number of hydrogen-bond acceptors (Lipinski definition) is 3. The molecule has 1 unspecified atom stereocenters. The van der Waals surface area contributed by atoms with E-state index in [1.165, 1.54) is 0 Å². The Hall–Kier alpha value is -1.85. The SMILES string of the molecule is CCCC(=O)N1Cc2ccnn2C(C(=O)NC2CC2)C1. The molecule has 1 fully saturated rings.